The van der Waals surface area contributed by atoms with Crippen LogP contribution in [0.3, 0.4) is 0 Å². The van der Waals surface area contributed by atoms with E-state index in [1.807, 2.05) is 0 Å². The molecule has 3 aromatic rings. The van der Waals surface area contributed by atoms with Crippen molar-refractivity contribution >= 4 is 29.1 Å². The lowest BCUT2D eigenvalue weighted by molar-refractivity contribution is -0.137. The molecular formula is C27H30O2P+. The Morgan fingerprint density at radius 3 is 1.53 bits per heavy atom. The summed E-state index contributed by atoms with van der Waals surface area (Å²) >= 11 is 0. The minimum Gasteiger partial charge on any atom is -0.481 e. The Kier molecular flexibility index (Phi) is 8.41. The average molecular weight is 418 g/mol. The maximum absolute atomic E-state index is 10.6. The van der Waals surface area contributed by atoms with Crippen molar-refractivity contribution in [2.45, 2.75) is 32.1 Å². The zero-order valence-corrected chi connectivity index (χ0v) is 18.3. The van der Waals surface area contributed by atoms with Gasteiger partial charge in [-0.05, 0) is 55.7 Å². The van der Waals surface area contributed by atoms with Crippen molar-refractivity contribution in [3.8, 4) is 0 Å². The van der Waals surface area contributed by atoms with E-state index < -0.39 is 13.2 Å². The third-order valence-electron chi connectivity index (χ3n) is 5.40. The molecule has 0 atom stereocenters. The van der Waals surface area contributed by atoms with Gasteiger partial charge in [0.15, 0.2) is 0 Å². The smallest absolute Gasteiger partial charge is 0.303 e. The van der Waals surface area contributed by atoms with Gasteiger partial charge in [-0.15, -0.1) is 0 Å². The summed E-state index contributed by atoms with van der Waals surface area (Å²) < 4.78 is 0. The minimum atomic E-state index is -1.76. The van der Waals surface area contributed by atoms with Crippen molar-refractivity contribution in [3.63, 3.8) is 0 Å². The number of carboxylic acids is 1. The number of carbonyl (C=O) groups is 1. The molecule has 3 aromatic carbocycles. The number of carboxylic acid groups (broad SMARTS) is 1. The molecule has 2 nitrogen and oxygen atoms in total. The monoisotopic (exact) mass is 417 g/mol. The number of unbranched alkanes of at least 4 members (excludes halogenated alkanes) is 2. The summed E-state index contributed by atoms with van der Waals surface area (Å²) in [7, 11) is -1.76. The summed E-state index contributed by atoms with van der Waals surface area (Å²) in [6, 6.07) is 32.8. The first-order valence-corrected chi connectivity index (χ1v) is 12.6. The number of aliphatic carboxylic acids is 1. The van der Waals surface area contributed by atoms with Gasteiger partial charge in [0.05, 0.1) is 6.16 Å². The Hall–Kier alpha value is -2.70. The van der Waals surface area contributed by atoms with E-state index in [0.717, 1.165) is 31.8 Å². The van der Waals surface area contributed by atoms with Gasteiger partial charge < -0.3 is 5.11 Å². The van der Waals surface area contributed by atoms with Gasteiger partial charge >= 0.3 is 5.97 Å². The molecule has 0 saturated carbocycles. The third kappa shape index (κ3) is 5.68. The summed E-state index contributed by atoms with van der Waals surface area (Å²) in [4.78, 5) is 10.6. The fourth-order valence-electron chi connectivity index (χ4n) is 3.92. The maximum Gasteiger partial charge on any atom is 0.303 e. The van der Waals surface area contributed by atoms with Crippen molar-refractivity contribution in [2.75, 3.05) is 6.16 Å². The van der Waals surface area contributed by atoms with E-state index in [2.05, 4.69) is 103 Å². The van der Waals surface area contributed by atoms with Gasteiger partial charge in [-0.1, -0.05) is 66.7 Å². The number of rotatable bonds is 11. The van der Waals surface area contributed by atoms with Crippen molar-refractivity contribution in [2.24, 2.45) is 0 Å². The topological polar surface area (TPSA) is 37.3 Å². The normalized spacial score (nSPS) is 11.6. The molecule has 30 heavy (non-hydrogen) atoms. The first-order valence-electron chi connectivity index (χ1n) is 10.7. The molecule has 0 unspecified atom stereocenters. The second-order valence-corrected chi connectivity index (χ2v) is 11.1. The number of hydrogen-bond donors (Lipinski definition) is 1. The lowest BCUT2D eigenvalue weighted by atomic mass is 10.2. The van der Waals surface area contributed by atoms with Crippen LogP contribution in [0, 0.1) is 0 Å². The molecule has 0 aliphatic rings. The van der Waals surface area contributed by atoms with Crippen molar-refractivity contribution in [1.29, 1.82) is 0 Å². The van der Waals surface area contributed by atoms with Gasteiger partial charge in [0.2, 0.25) is 0 Å². The Bertz CT molecular complexity index is 824. The van der Waals surface area contributed by atoms with Crippen LogP contribution in [0.1, 0.15) is 32.1 Å². The van der Waals surface area contributed by atoms with E-state index in [1.165, 1.54) is 15.9 Å². The van der Waals surface area contributed by atoms with Gasteiger partial charge in [-0.25, -0.2) is 0 Å². The van der Waals surface area contributed by atoms with Crippen LogP contribution in [-0.4, -0.2) is 17.2 Å². The zero-order valence-electron chi connectivity index (χ0n) is 17.4. The molecule has 0 amide bonds. The quantitative estimate of drug-likeness (QED) is 0.252. The van der Waals surface area contributed by atoms with Gasteiger partial charge in [-0.2, -0.15) is 0 Å². The largest absolute Gasteiger partial charge is 0.481 e. The van der Waals surface area contributed by atoms with Crippen LogP contribution < -0.4 is 15.9 Å². The molecule has 0 aliphatic heterocycles. The van der Waals surface area contributed by atoms with Crippen LogP contribution in [0.5, 0.6) is 0 Å². The average Bonchev–Trinajstić information content (AvgIpc) is 2.80. The van der Waals surface area contributed by atoms with Gasteiger partial charge in [0, 0.05) is 12.8 Å². The van der Waals surface area contributed by atoms with Gasteiger partial charge in [-0.3, -0.25) is 4.79 Å². The highest BCUT2D eigenvalue weighted by Crippen LogP contribution is 2.55. The zero-order chi connectivity index (χ0) is 21.1. The van der Waals surface area contributed by atoms with E-state index >= 15 is 0 Å². The highest BCUT2D eigenvalue weighted by atomic mass is 31.2. The summed E-state index contributed by atoms with van der Waals surface area (Å²) in [6.07, 6.45) is 9.47. The summed E-state index contributed by atoms with van der Waals surface area (Å²) in [6.45, 7) is 0. The minimum absolute atomic E-state index is 0.262. The van der Waals surface area contributed by atoms with E-state index in [0.29, 0.717) is 0 Å². The van der Waals surface area contributed by atoms with Crippen molar-refractivity contribution in [3.05, 3.63) is 103 Å². The number of allylic oxidation sites excluding steroid dienone is 2. The molecular weight excluding hydrogens is 387 g/mol. The lowest BCUT2D eigenvalue weighted by Gasteiger charge is -2.27. The predicted octanol–water partition coefficient (Wildman–Crippen LogP) is 5.57. The lowest BCUT2D eigenvalue weighted by Crippen LogP contribution is -2.33. The van der Waals surface area contributed by atoms with Crippen molar-refractivity contribution < 1.29 is 9.90 Å². The fraction of sp³-hybridized carbons (Fsp3) is 0.222. The van der Waals surface area contributed by atoms with E-state index in [4.69, 9.17) is 5.11 Å². The van der Waals surface area contributed by atoms with Crippen LogP contribution in [0.25, 0.3) is 0 Å². The fourth-order valence-corrected chi connectivity index (χ4v) is 8.17. The second kappa shape index (κ2) is 11.5. The van der Waals surface area contributed by atoms with E-state index in [-0.39, 0.29) is 6.42 Å². The molecule has 1 N–H and O–H groups in total. The maximum atomic E-state index is 10.6. The van der Waals surface area contributed by atoms with E-state index in [9.17, 15) is 4.79 Å². The Morgan fingerprint density at radius 1 is 0.667 bits per heavy atom. The molecule has 3 heteroatoms. The molecule has 0 aliphatic carbocycles. The van der Waals surface area contributed by atoms with Gasteiger partial charge in [0.25, 0.3) is 0 Å². The Balaban J connectivity index is 1.85. The standard InChI is InChI=1S/C27H29O2P/c28-27(29)22-14-3-1-2-4-15-23-30(24-16-8-5-9-17-24,25-18-10-6-11-19-25)26-20-12-7-13-21-26/h2,4-13,16-21H,1,3,14-15,22-23H2/p+1/b4-2-. The molecule has 154 valence electrons. The third-order valence-corrected chi connectivity index (χ3v) is 9.87. The molecule has 0 spiro atoms. The van der Waals surface area contributed by atoms with E-state index in [1.54, 1.807) is 0 Å². The van der Waals surface area contributed by atoms with Gasteiger partial charge in [0.1, 0.15) is 23.2 Å². The van der Waals surface area contributed by atoms with Crippen LogP contribution in [0.15, 0.2) is 103 Å². The SMILES string of the molecule is O=C(O)CCCC/C=C\CC[P+](c1ccccc1)(c1ccccc1)c1ccccc1. The number of hydrogen-bond acceptors (Lipinski definition) is 1. The molecule has 0 aromatic heterocycles. The van der Waals surface area contributed by atoms with Crippen LogP contribution in [-0.2, 0) is 4.79 Å². The predicted molar refractivity (Wildman–Crippen MR) is 130 cm³/mol. The highest BCUT2D eigenvalue weighted by Gasteiger charge is 2.44. The summed E-state index contributed by atoms with van der Waals surface area (Å²) in [5.41, 5.74) is 0. The van der Waals surface area contributed by atoms with Crippen LogP contribution >= 0.6 is 7.26 Å². The highest BCUT2D eigenvalue weighted by molar-refractivity contribution is 7.95. The first kappa shape index (κ1) is 22.0. The first-order chi connectivity index (χ1) is 14.7. The summed E-state index contributed by atoms with van der Waals surface area (Å²) in [5.74, 6) is -0.706. The molecule has 0 fully saturated rings. The Labute approximate surface area is 180 Å². The van der Waals surface area contributed by atoms with Crippen molar-refractivity contribution in [1.82, 2.24) is 0 Å². The molecule has 3 rings (SSSR count). The Morgan fingerprint density at radius 2 is 1.10 bits per heavy atom. The molecule has 0 bridgehead atoms. The molecule has 0 saturated heterocycles. The number of benzene rings is 3. The van der Waals surface area contributed by atoms with Crippen LogP contribution in [0.4, 0.5) is 0 Å². The molecule has 0 radical (unpaired) electrons. The summed E-state index contributed by atoms with van der Waals surface area (Å²) in [5, 5.41) is 13.0. The second-order valence-electron chi connectivity index (χ2n) is 7.44. The van der Waals surface area contributed by atoms with Crippen LogP contribution in [0.2, 0.25) is 0 Å². The molecule has 0 heterocycles.